The van der Waals surface area contributed by atoms with Crippen LogP contribution in [0.2, 0.25) is 0 Å². The van der Waals surface area contributed by atoms with Crippen LogP contribution in [0.15, 0.2) is 133 Å². The summed E-state index contributed by atoms with van der Waals surface area (Å²) in [5, 5.41) is 2.36. The Labute approximate surface area is 226 Å². The average molecular weight is 501 g/mol. The summed E-state index contributed by atoms with van der Waals surface area (Å²) in [5.74, 6) is 0. The van der Waals surface area contributed by atoms with Crippen LogP contribution in [-0.2, 0) is 4.65 Å². The Kier molecular flexibility index (Phi) is 3.99. The van der Waals surface area contributed by atoms with Crippen molar-refractivity contribution in [3.05, 3.63) is 172 Å². The van der Waals surface area contributed by atoms with Gasteiger partial charge in [0, 0.05) is 39.8 Å². The van der Waals surface area contributed by atoms with Crippen LogP contribution in [-0.4, -0.2) is 33.0 Å². The van der Waals surface area contributed by atoms with E-state index in [-0.39, 0.29) is 0 Å². The highest BCUT2D eigenvalue weighted by Crippen LogP contribution is 2.44. The van der Waals surface area contributed by atoms with Crippen molar-refractivity contribution in [1.29, 1.82) is 0 Å². The second-order valence-electron chi connectivity index (χ2n) is 10.5. The molecule has 0 amide bonds. The Hall–Kier alpha value is -4.87. The van der Waals surface area contributed by atoms with Crippen LogP contribution in [0.1, 0.15) is 28.1 Å². The van der Waals surface area contributed by atoms with Crippen LogP contribution in [0.5, 0.6) is 0 Å². The molecule has 0 fully saturated rings. The van der Waals surface area contributed by atoms with Gasteiger partial charge in [0.05, 0.1) is 11.1 Å². The largest absolute Gasteiger partial charge is 0.632 e. The summed E-state index contributed by atoms with van der Waals surface area (Å²) >= 11 is 0. The highest BCUT2D eigenvalue weighted by Gasteiger charge is 2.59. The fraction of sp³-hybridized carbons (Fsp3) is 0.0294. The lowest BCUT2D eigenvalue weighted by Crippen LogP contribution is -2.73. The van der Waals surface area contributed by atoms with Crippen molar-refractivity contribution in [1.82, 2.24) is 8.96 Å². The highest BCUT2D eigenvalue weighted by molar-refractivity contribution is 6.66. The first-order chi connectivity index (χ1) is 19.3. The quantitative estimate of drug-likeness (QED) is 0.336. The van der Waals surface area contributed by atoms with Gasteiger partial charge in [-0.2, -0.15) is 0 Å². The number of benzene rings is 3. The minimum Gasteiger partial charge on any atom is -0.492 e. The zero-order chi connectivity index (χ0) is 25.7. The molecule has 9 rings (SSSR count). The van der Waals surface area contributed by atoms with Crippen molar-refractivity contribution in [3.8, 4) is 0 Å². The van der Waals surface area contributed by atoms with E-state index in [2.05, 4.69) is 141 Å². The van der Waals surface area contributed by atoms with Crippen LogP contribution >= 0.6 is 0 Å². The first-order valence-electron chi connectivity index (χ1n) is 13.5. The number of rotatable bonds is 4. The van der Waals surface area contributed by atoms with Gasteiger partial charge in [-0.25, -0.2) is 0 Å². The topological polar surface area (TPSA) is 22.1 Å². The zero-order valence-corrected chi connectivity index (χ0v) is 21.5. The molecule has 2 aromatic heterocycles. The highest BCUT2D eigenvalue weighted by atomic mass is 16.5. The molecule has 6 heterocycles. The molecule has 184 valence electrons. The maximum Gasteiger partial charge on any atom is 0.632 e. The molecule has 4 aliphatic heterocycles. The van der Waals surface area contributed by atoms with Crippen molar-refractivity contribution < 1.29 is 9.14 Å². The third-order valence-corrected chi connectivity index (χ3v) is 8.80. The molecule has 3 aromatic carbocycles. The third kappa shape index (κ3) is 2.42. The van der Waals surface area contributed by atoms with Crippen LogP contribution < -0.4 is 10.7 Å². The van der Waals surface area contributed by atoms with Gasteiger partial charge in [0.2, 0.25) is 0 Å². The van der Waals surface area contributed by atoms with E-state index < -0.39 is 6.75 Å². The molecule has 4 aliphatic rings. The number of hydrogen-bond acceptors (Lipinski definition) is 1. The molecule has 5 aromatic rings. The summed E-state index contributed by atoms with van der Waals surface area (Å²) in [5.41, 5.74) is 12.0. The molecule has 39 heavy (non-hydrogen) atoms. The lowest BCUT2D eigenvalue weighted by atomic mass is 9.69. The van der Waals surface area contributed by atoms with E-state index in [1.165, 1.54) is 66.9 Å². The number of aromatic nitrogens is 2. The van der Waals surface area contributed by atoms with Crippen molar-refractivity contribution in [3.63, 3.8) is 0 Å². The molecular formula is C34H24BN3O. The van der Waals surface area contributed by atoms with Gasteiger partial charge in [-0.15, -0.1) is 0 Å². The predicted octanol–water partition coefficient (Wildman–Crippen LogP) is 4.34. The minimum absolute atomic E-state index is 1.18. The van der Waals surface area contributed by atoms with E-state index in [4.69, 9.17) is 4.65 Å². The molecule has 1 atom stereocenters. The smallest absolute Gasteiger partial charge is 0.492 e. The summed E-state index contributed by atoms with van der Waals surface area (Å²) in [6.07, 6.45) is 4.56. The Balaban J connectivity index is 1.55. The SMILES string of the molecule is CO[B-]12n3c4ccc3C(c3ccccc3)=c3ccc(n31)=C(c1ccccc1)C1=[N+]2C(=C4c2ccccc2)C=C1. The van der Waals surface area contributed by atoms with Crippen LogP contribution in [0.3, 0.4) is 0 Å². The molecule has 0 spiro atoms. The van der Waals surface area contributed by atoms with Crippen molar-refractivity contribution in [2.45, 2.75) is 0 Å². The molecule has 0 radical (unpaired) electrons. The Morgan fingerprint density at radius 3 is 1.64 bits per heavy atom. The van der Waals surface area contributed by atoms with Gasteiger partial charge in [-0.1, -0.05) is 91.0 Å². The second-order valence-corrected chi connectivity index (χ2v) is 10.5. The van der Waals surface area contributed by atoms with Gasteiger partial charge in [-0.3, -0.25) is 0 Å². The lowest BCUT2D eigenvalue weighted by Gasteiger charge is -2.48. The Morgan fingerprint density at radius 1 is 0.538 bits per heavy atom. The fourth-order valence-corrected chi connectivity index (χ4v) is 7.41. The maximum absolute atomic E-state index is 6.80. The second kappa shape index (κ2) is 7.37. The van der Waals surface area contributed by atoms with E-state index in [1.54, 1.807) is 0 Å². The lowest BCUT2D eigenvalue weighted by molar-refractivity contribution is -0.361. The van der Waals surface area contributed by atoms with Gasteiger partial charge in [-0.05, 0) is 48.1 Å². The van der Waals surface area contributed by atoms with Gasteiger partial charge in [0.15, 0.2) is 11.4 Å². The monoisotopic (exact) mass is 501 g/mol. The molecule has 4 nitrogen and oxygen atoms in total. The number of hydrogen-bond donors (Lipinski definition) is 0. The molecular weight excluding hydrogens is 477 g/mol. The number of allylic oxidation sites excluding steroid dienone is 2. The van der Waals surface area contributed by atoms with E-state index in [9.17, 15) is 0 Å². The minimum atomic E-state index is -1.85. The van der Waals surface area contributed by atoms with Crippen LogP contribution in [0.25, 0.3) is 16.7 Å². The van der Waals surface area contributed by atoms with Crippen LogP contribution in [0.4, 0.5) is 0 Å². The van der Waals surface area contributed by atoms with Gasteiger partial charge >= 0.3 is 6.75 Å². The van der Waals surface area contributed by atoms with Gasteiger partial charge in [0.1, 0.15) is 0 Å². The molecule has 0 saturated carbocycles. The third-order valence-electron chi connectivity index (χ3n) is 8.80. The summed E-state index contributed by atoms with van der Waals surface area (Å²) < 4.78 is 14.2. The first-order valence-corrected chi connectivity index (χ1v) is 13.5. The van der Waals surface area contributed by atoms with E-state index >= 15 is 0 Å². The first kappa shape index (κ1) is 21.1. The van der Waals surface area contributed by atoms with E-state index in [0.717, 1.165) is 0 Å². The van der Waals surface area contributed by atoms with Crippen molar-refractivity contribution in [2.75, 3.05) is 7.11 Å². The molecule has 0 aliphatic carbocycles. The summed E-state index contributed by atoms with van der Waals surface area (Å²) in [7, 11) is 1.86. The van der Waals surface area contributed by atoms with Gasteiger partial charge in [0.25, 0.3) is 0 Å². The maximum atomic E-state index is 6.80. The van der Waals surface area contributed by atoms with Crippen molar-refractivity contribution in [2.24, 2.45) is 0 Å². The van der Waals surface area contributed by atoms with Crippen molar-refractivity contribution >= 4 is 29.2 Å². The number of nitrogens with zero attached hydrogens (tertiary/aromatic N) is 3. The molecule has 5 heteroatoms. The average Bonchev–Trinajstić information content (AvgIpc) is 3.75. The summed E-state index contributed by atoms with van der Waals surface area (Å²) in [6.45, 7) is -1.85. The van der Waals surface area contributed by atoms with E-state index in [1.807, 2.05) is 7.11 Å². The predicted molar refractivity (Wildman–Crippen MR) is 156 cm³/mol. The Morgan fingerprint density at radius 2 is 1.05 bits per heavy atom. The van der Waals surface area contributed by atoms with E-state index in [0.29, 0.717) is 0 Å². The molecule has 0 N–H and O–H groups in total. The van der Waals surface area contributed by atoms with Crippen LogP contribution in [0, 0.1) is 0 Å². The zero-order valence-electron chi connectivity index (χ0n) is 21.5. The molecule has 0 bridgehead atoms. The summed E-state index contributed by atoms with van der Waals surface area (Å²) in [6, 6.07) is 41.4. The summed E-state index contributed by atoms with van der Waals surface area (Å²) in [4.78, 5) is 0. The normalized spacial score (nSPS) is 19.7. The fourth-order valence-electron chi connectivity index (χ4n) is 7.41. The molecule has 1 unspecified atom stereocenters. The van der Waals surface area contributed by atoms with Gasteiger partial charge < -0.3 is 18.1 Å². The molecule has 0 saturated heterocycles. The standard InChI is InChI=1S/C34H24BN3O/c1-39-35-36-26-17-19-28(36)33(24-13-7-3-8-14-24)30-21-22-31(38(30)35)34(25-15-9-4-10-16-25)29-20-18-27(37(29)35)32(26)23-11-5-2-6-12-23/h2-22H,1H3. The Bertz CT molecular complexity index is 2080.